The lowest BCUT2D eigenvalue weighted by molar-refractivity contribution is -0.116. The zero-order chi connectivity index (χ0) is 24.2. The van der Waals surface area contributed by atoms with Crippen molar-refractivity contribution in [2.24, 2.45) is 0 Å². The van der Waals surface area contributed by atoms with Gasteiger partial charge < -0.3 is 15.0 Å². The molecule has 1 fully saturated rings. The maximum absolute atomic E-state index is 13.2. The summed E-state index contributed by atoms with van der Waals surface area (Å²) in [6, 6.07) is 6.39. The topological polar surface area (TPSA) is 116 Å². The van der Waals surface area contributed by atoms with Crippen molar-refractivity contribution in [1.29, 1.82) is 0 Å². The minimum atomic E-state index is -0.562. The van der Waals surface area contributed by atoms with Crippen LogP contribution in [0, 0.1) is 0 Å². The van der Waals surface area contributed by atoms with Gasteiger partial charge in [-0.15, -0.1) is 0 Å². The van der Waals surface area contributed by atoms with E-state index in [1.807, 2.05) is 6.92 Å². The normalized spacial score (nSPS) is 13.4. The summed E-state index contributed by atoms with van der Waals surface area (Å²) in [5, 5.41) is 3.41. The monoisotopic (exact) mass is 485 g/mol. The van der Waals surface area contributed by atoms with E-state index >= 15 is 0 Å². The van der Waals surface area contributed by atoms with Gasteiger partial charge in [-0.25, -0.2) is 14.6 Å². The minimum Gasteiger partial charge on any atom is -0.462 e. The molecule has 34 heavy (non-hydrogen) atoms. The van der Waals surface area contributed by atoms with Gasteiger partial charge in [-0.1, -0.05) is 24.3 Å². The predicted octanol–water partition coefficient (Wildman–Crippen LogP) is 2.45. The molecule has 0 bridgehead atoms. The molecule has 1 N–H and O–H groups in total. The first-order valence-corrected chi connectivity index (χ1v) is 12.2. The van der Waals surface area contributed by atoms with Gasteiger partial charge in [0.2, 0.25) is 5.91 Å². The highest BCUT2D eigenvalue weighted by molar-refractivity contribution is 7.22. The number of thiazole rings is 1. The highest BCUT2D eigenvalue weighted by atomic mass is 32.1. The van der Waals surface area contributed by atoms with Crippen LogP contribution in [-0.4, -0.2) is 45.7 Å². The number of hydrogen-bond acceptors (Lipinski definition) is 8. The van der Waals surface area contributed by atoms with E-state index < -0.39 is 17.6 Å². The van der Waals surface area contributed by atoms with Gasteiger partial charge in [0.15, 0.2) is 10.8 Å². The van der Waals surface area contributed by atoms with Crippen molar-refractivity contribution in [2.45, 2.75) is 46.2 Å². The van der Waals surface area contributed by atoms with Crippen LogP contribution in [0.3, 0.4) is 0 Å². The fourth-order valence-corrected chi connectivity index (χ4v) is 5.03. The molecule has 1 aliphatic rings. The summed E-state index contributed by atoms with van der Waals surface area (Å²) < 4.78 is 7.79. The summed E-state index contributed by atoms with van der Waals surface area (Å²) in [6.45, 7) is 5.49. The number of nitrogens with zero attached hydrogens (tertiary/aromatic N) is 4. The molecule has 0 saturated carbocycles. The highest BCUT2D eigenvalue weighted by Gasteiger charge is 2.23. The Morgan fingerprint density at radius 3 is 2.62 bits per heavy atom. The Kier molecular flexibility index (Phi) is 7.11. The number of esters is 1. The Hall–Kier alpha value is -3.47. The molecule has 0 aliphatic carbocycles. The second kappa shape index (κ2) is 10.2. The quantitative estimate of drug-likeness (QED) is 0.487. The molecule has 0 atom stereocenters. The molecule has 1 saturated heterocycles. The lowest BCUT2D eigenvalue weighted by Crippen LogP contribution is -2.41. The summed E-state index contributed by atoms with van der Waals surface area (Å²) in [6.07, 6.45) is 2.71. The molecular weight excluding hydrogens is 458 g/mol. The molecule has 1 aliphatic heterocycles. The molecule has 2 aromatic heterocycles. The fraction of sp³-hybridized carbons (Fsp3) is 0.435. The van der Waals surface area contributed by atoms with Crippen molar-refractivity contribution in [2.75, 3.05) is 29.9 Å². The molecule has 11 heteroatoms. The molecule has 0 unspecified atom stereocenters. The average Bonchev–Trinajstić information content (AvgIpc) is 3.50. The van der Waals surface area contributed by atoms with E-state index in [4.69, 9.17) is 4.74 Å². The molecule has 3 aromatic rings. The third kappa shape index (κ3) is 4.74. The second-order valence-corrected chi connectivity index (χ2v) is 9.00. The summed E-state index contributed by atoms with van der Waals surface area (Å²) in [5.41, 5.74) is 0.00420. The van der Waals surface area contributed by atoms with Crippen LogP contribution in [0.5, 0.6) is 0 Å². The van der Waals surface area contributed by atoms with Gasteiger partial charge in [0.05, 0.1) is 12.2 Å². The Balaban J connectivity index is 1.67. The van der Waals surface area contributed by atoms with E-state index in [2.05, 4.69) is 15.2 Å². The molecule has 1 amide bonds. The summed E-state index contributed by atoms with van der Waals surface area (Å²) in [5.74, 6) is -0.957. The van der Waals surface area contributed by atoms with Crippen LogP contribution in [0.4, 0.5) is 10.8 Å². The van der Waals surface area contributed by atoms with Crippen LogP contribution in [0.25, 0.3) is 10.3 Å². The lowest BCUT2D eigenvalue weighted by atomic mass is 10.2. The van der Waals surface area contributed by atoms with Crippen LogP contribution < -0.4 is 21.5 Å². The van der Waals surface area contributed by atoms with Gasteiger partial charge >= 0.3 is 11.7 Å². The fourth-order valence-electron chi connectivity index (χ4n) is 3.96. The number of anilines is 2. The number of rotatable bonds is 8. The molecule has 0 radical (unpaired) electrons. The number of amides is 1. The Morgan fingerprint density at radius 2 is 1.91 bits per heavy atom. The summed E-state index contributed by atoms with van der Waals surface area (Å²) in [4.78, 5) is 57.7. The van der Waals surface area contributed by atoms with Crippen LogP contribution in [0.1, 0.15) is 43.5 Å². The Bertz CT molecular complexity index is 1340. The third-order valence-corrected chi connectivity index (χ3v) is 6.63. The van der Waals surface area contributed by atoms with E-state index in [9.17, 15) is 19.2 Å². The van der Waals surface area contributed by atoms with Gasteiger partial charge in [-0.2, -0.15) is 0 Å². The number of aromatic nitrogens is 3. The zero-order valence-corrected chi connectivity index (χ0v) is 20.0. The van der Waals surface area contributed by atoms with E-state index in [0.29, 0.717) is 27.5 Å². The van der Waals surface area contributed by atoms with Crippen LogP contribution in [-0.2, 0) is 22.6 Å². The number of benzene rings is 1. The SMILES string of the molecule is CCCn1c(=O)c2sc(N3CCCC3)nc2n(CC(=O)Nc2cccc(C(=O)OCC)c2)c1=O. The molecule has 1 aromatic carbocycles. The molecular formula is C23H27N5O5S. The van der Waals surface area contributed by atoms with Crippen LogP contribution in [0.2, 0.25) is 0 Å². The number of nitrogens with one attached hydrogen (secondary N) is 1. The van der Waals surface area contributed by atoms with Crippen LogP contribution in [0.15, 0.2) is 33.9 Å². The first-order chi connectivity index (χ1) is 16.4. The largest absolute Gasteiger partial charge is 0.462 e. The third-order valence-electron chi connectivity index (χ3n) is 5.54. The maximum Gasteiger partial charge on any atom is 0.338 e. The van der Waals surface area contributed by atoms with Crippen molar-refractivity contribution in [1.82, 2.24) is 14.1 Å². The summed E-state index contributed by atoms with van der Waals surface area (Å²) >= 11 is 1.26. The molecule has 180 valence electrons. The number of carbonyl (C=O) groups excluding carboxylic acids is 2. The van der Waals surface area contributed by atoms with E-state index in [1.54, 1.807) is 25.1 Å². The molecule has 0 spiro atoms. The maximum atomic E-state index is 13.2. The van der Waals surface area contributed by atoms with Crippen molar-refractivity contribution < 1.29 is 14.3 Å². The highest BCUT2D eigenvalue weighted by Crippen LogP contribution is 2.28. The Morgan fingerprint density at radius 1 is 1.15 bits per heavy atom. The van der Waals surface area contributed by atoms with Crippen molar-refractivity contribution in [3.05, 3.63) is 50.7 Å². The van der Waals surface area contributed by atoms with Gasteiger partial charge in [0.25, 0.3) is 5.56 Å². The van der Waals surface area contributed by atoms with E-state index in [-0.39, 0.29) is 30.9 Å². The van der Waals surface area contributed by atoms with E-state index in [0.717, 1.165) is 25.9 Å². The molecule has 4 rings (SSSR count). The van der Waals surface area contributed by atoms with Gasteiger partial charge in [-0.05, 0) is 44.4 Å². The zero-order valence-electron chi connectivity index (χ0n) is 19.2. The number of hydrogen-bond donors (Lipinski definition) is 1. The predicted molar refractivity (Wildman–Crippen MR) is 131 cm³/mol. The average molecular weight is 486 g/mol. The van der Waals surface area contributed by atoms with Gasteiger partial charge in [0, 0.05) is 25.3 Å². The van der Waals surface area contributed by atoms with Crippen molar-refractivity contribution in [3.8, 4) is 0 Å². The number of ether oxygens (including phenoxy) is 1. The summed E-state index contributed by atoms with van der Waals surface area (Å²) in [7, 11) is 0. The molecule has 3 heterocycles. The molecule has 10 nitrogen and oxygen atoms in total. The van der Waals surface area contributed by atoms with Gasteiger partial charge in [-0.3, -0.25) is 18.7 Å². The van der Waals surface area contributed by atoms with Gasteiger partial charge in [0.1, 0.15) is 11.2 Å². The standard InChI is InChI=1S/C23H27N5O5S/c1-3-10-27-20(30)18-19(25-22(34-18)26-11-5-6-12-26)28(23(27)32)14-17(29)24-16-9-7-8-15(13-16)21(31)33-4-2/h7-9,13H,3-6,10-12,14H2,1-2H3,(H,24,29). The Labute approximate surface area is 199 Å². The second-order valence-electron chi connectivity index (χ2n) is 8.02. The van der Waals surface area contributed by atoms with Crippen molar-refractivity contribution >= 4 is 44.4 Å². The van der Waals surface area contributed by atoms with E-state index in [1.165, 1.54) is 26.5 Å². The first-order valence-electron chi connectivity index (χ1n) is 11.4. The first kappa shape index (κ1) is 23.7. The smallest absolute Gasteiger partial charge is 0.338 e. The van der Waals surface area contributed by atoms with Crippen molar-refractivity contribution in [3.63, 3.8) is 0 Å². The van der Waals surface area contributed by atoms with Crippen LogP contribution >= 0.6 is 11.3 Å². The number of carbonyl (C=O) groups is 2. The number of fused-ring (bicyclic) bond motifs is 1. The minimum absolute atomic E-state index is 0.227. The lowest BCUT2D eigenvalue weighted by Gasteiger charge is -2.12.